The number of benzene rings is 3. The Morgan fingerprint density at radius 1 is 1.12 bits per heavy atom. The van der Waals surface area contributed by atoms with Gasteiger partial charge in [0, 0.05) is 23.4 Å². The molecule has 0 saturated heterocycles. The molecule has 1 N–H and O–H groups in total. The van der Waals surface area contributed by atoms with E-state index in [4.69, 9.17) is 16.3 Å². The predicted molar refractivity (Wildman–Crippen MR) is 157 cm³/mol. The zero-order valence-corrected chi connectivity index (χ0v) is 25.5. The molecule has 0 aliphatic heterocycles. The van der Waals surface area contributed by atoms with Crippen LogP contribution in [0.1, 0.15) is 37.6 Å². The van der Waals surface area contributed by atoms with Gasteiger partial charge in [0.25, 0.3) is 10.0 Å². The zero-order valence-electron chi connectivity index (χ0n) is 23.1. The van der Waals surface area contributed by atoms with Crippen molar-refractivity contribution < 1.29 is 31.8 Å². The van der Waals surface area contributed by atoms with E-state index in [2.05, 4.69) is 4.98 Å². The monoisotopic (exact) mass is 635 g/mol. The lowest BCUT2D eigenvalue weighted by Crippen LogP contribution is -2.35. The van der Waals surface area contributed by atoms with Crippen LogP contribution in [0.15, 0.2) is 76.9 Å². The van der Waals surface area contributed by atoms with E-state index in [0.29, 0.717) is 27.2 Å². The smallest absolute Gasteiger partial charge is 0.421 e. The molecule has 8 nitrogen and oxygen atoms in total. The maximum absolute atomic E-state index is 15.0. The highest BCUT2D eigenvalue weighted by molar-refractivity contribution is 7.98. The van der Waals surface area contributed by atoms with Gasteiger partial charge < -0.3 is 9.84 Å². The minimum absolute atomic E-state index is 0.179. The molecule has 1 amide bonds. The molecule has 42 heavy (non-hydrogen) atoms. The molecule has 0 radical (unpaired) electrons. The van der Waals surface area contributed by atoms with Crippen molar-refractivity contribution in [3.05, 3.63) is 100 Å². The van der Waals surface area contributed by atoms with E-state index in [9.17, 15) is 27.1 Å². The lowest BCUT2D eigenvalue weighted by Gasteiger charge is -2.28. The molecule has 0 fully saturated rings. The van der Waals surface area contributed by atoms with Crippen molar-refractivity contribution >= 4 is 39.5 Å². The average molecular weight is 636 g/mol. The van der Waals surface area contributed by atoms with Gasteiger partial charge in [-0.05, 0) is 66.6 Å². The van der Waals surface area contributed by atoms with Gasteiger partial charge in [0.05, 0.1) is 24.0 Å². The number of halogens is 3. The van der Waals surface area contributed by atoms with Crippen molar-refractivity contribution in [3.63, 3.8) is 0 Å². The highest BCUT2D eigenvalue weighted by atomic mass is 35.5. The van der Waals surface area contributed by atoms with Crippen LogP contribution < -0.4 is 4.74 Å². The first-order valence-electron chi connectivity index (χ1n) is 12.7. The fourth-order valence-electron chi connectivity index (χ4n) is 4.43. The first-order chi connectivity index (χ1) is 19.8. The summed E-state index contributed by atoms with van der Waals surface area (Å²) in [5, 5.41) is 10.2. The second-order valence-corrected chi connectivity index (χ2v) is 12.9. The standard InChI is InChI=1S/C29H28ClF2N3O5S2/c1-5-34(28(36)37)42(38,39)25-13-6-18(14-23(25)32)17-41-27-33-16-26(35(27)21-10-8-20(31)9-11-21)29(2,3)19-7-12-22(30)24(15-19)40-4/h6-16H,5,17H2,1-4H3,(H,36,37). The number of hydrogen-bond donors (Lipinski definition) is 1. The molecule has 0 bridgehead atoms. The normalized spacial score (nSPS) is 11.9. The molecule has 0 spiro atoms. The van der Waals surface area contributed by atoms with Gasteiger partial charge in [-0.25, -0.2) is 31.3 Å². The lowest BCUT2D eigenvalue weighted by atomic mass is 9.81. The Labute approximate surface area is 252 Å². The summed E-state index contributed by atoms with van der Waals surface area (Å²) in [4.78, 5) is 15.2. The van der Waals surface area contributed by atoms with Crippen LogP contribution >= 0.6 is 23.4 Å². The number of amides is 1. The van der Waals surface area contributed by atoms with Crippen LogP contribution in [0.2, 0.25) is 5.02 Å². The van der Waals surface area contributed by atoms with Gasteiger partial charge in [0.2, 0.25) is 0 Å². The summed E-state index contributed by atoms with van der Waals surface area (Å²) < 4.78 is 61.6. The average Bonchev–Trinajstić information content (AvgIpc) is 3.37. The molecule has 222 valence electrons. The number of aromatic nitrogens is 2. The molecule has 0 aliphatic rings. The van der Waals surface area contributed by atoms with Crippen molar-refractivity contribution in [1.82, 2.24) is 13.9 Å². The summed E-state index contributed by atoms with van der Waals surface area (Å²) in [7, 11) is -3.04. The molecule has 0 saturated carbocycles. The Balaban J connectivity index is 1.71. The second-order valence-electron chi connectivity index (χ2n) is 9.72. The minimum atomic E-state index is -4.57. The van der Waals surface area contributed by atoms with E-state index < -0.39 is 38.1 Å². The Bertz CT molecular complexity index is 1730. The topological polar surface area (TPSA) is 102 Å². The van der Waals surface area contributed by atoms with Crippen molar-refractivity contribution in [2.75, 3.05) is 13.7 Å². The first kappa shape index (κ1) is 31.3. The van der Waals surface area contributed by atoms with Gasteiger partial charge >= 0.3 is 6.09 Å². The number of imidazole rings is 1. The molecule has 0 unspecified atom stereocenters. The molecule has 0 aliphatic carbocycles. The highest BCUT2D eigenvalue weighted by Gasteiger charge is 2.32. The molecular weight excluding hydrogens is 608 g/mol. The van der Waals surface area contributed by atoms with Gasteiger partial charge in [-0.15, -0.1) is 0 Å². The molecule has 1 aromatic heterocycles. The van der Waals surface area contributed by atoms with Gasteiger partial charge in [-0.2, -0.15) is 0 Å². The molecule has 1 heterocycles. The molecule has 4 rings (SSSR count). The zero-order chi connectivity index (χ0) is 30.8. The van der Waals surface area contributed by atoms with Crippen molar-refractivity contribution in [2.24, 2.45) is 0 Å². The SMILES string of the molecule is CCN(C(=O)O)S(=O)(=O)c1ccc(CSc2ncc(C(C)(C)c3ccc(Cl)c(OC)c3)n2-c2ccc(F)cc2)cc1F. The largest absolute Gasteiger partial charge is 0.495 e. The summed E-state index contributed by atoms with van der Waals surface area (Å²) in [5.41, 5.74) is 2.16. The van der Waals surface area contributed by atoms with Gasteiger partial charge in [0.15, 0.2) is 5.16 Å². The summed E-state index contributed by atoms with van der Waals surface area (Å²) in [6.45, 7) is 5.00. The molecule has 3 aromatic carbocycles. The van der Waals surface area contributed by atoms with Crippen LogP contribution in [0.25, 0.3) is 5.69 Å². The van der Waals surface area contributed by atoms with E-state index in [1.165, 1.54) is 44.0 Å². The minimum Gasteiger partial charge on any atom is -0.495 e. The number of ether oxygens (including phenoxy) is 1. The van der Waals surface area contributed by atoms with Crippen molar-refractivity contribution in [3.8, 4) is 11.4 Å². The third-order valence-electron chi connectivity index (χ3n) is 6.76. The van der Waals surface area contributed by atoms with Crippen LogP contribution in [0.3, 0.4) is 0 Å². The number of hydrogen-bond acceptors (Lipinski definition) is 6. The van der Waals surface area contributed by atoms with Crippen LogP contribution in [0.4, 0.5) is 13.6 Å². The number of carboxylic acid groups (broad SMARTS) is 1. The second kappa shape index (κ2) is 12.3. The summed E-state index contributed by atoms with van der Waals surface area (Å²) >= 11 is 7.52. The molecule has 0 atom stereocenters. The first-order valence-corrected chi connectivity index (χ1v) is 15.5. The van der Waals surface area contributed by atoms with Gasteiger partial charge in [-0.1, -0.05) is 49.3 Å². The van der Waals surface area contributed by atoms with Crippen LogP contribution in [0.5, 0.6) is 5.75 Å². The number of sulfonamides is 1. The molecule has 4 aromatic rings. The third-order valence-corrected chi connectivity index (χ3v) is 9.98. The van der Waals surface area contributed by atoms with E-state index in [0.717, 1.165) is 23.4 Å². The number of thioether (sulfide) groups is 1. The molecular formula is C29H28ClF2N3O5S2. The fourth-order valence-corrected chi connectivity index (χ4v) is 6.89. The number of carbonyl (C=O) groups is 1. The third kappa shape index (κ3) is 6.11. The summed E-state index contributed by atoms with van der Waals surface area (Å²) in [6, 6.07) is 15.0. The number of nitrogens with zero attached hydrogens (tertiary/aromatic N) is 3. The van der Waals surface area contributed by atoms with Crippen molar-refractivity contribution in [2.45, 2.75) is 42.0 Å². The van der Waals surface area contributed by atoms with Gasteiger partial charge in [-0.3, -0.25) is 4.57 Å². The number of methoxy groups -OCH3 is 1. The summed E-state index contributed by atoms with van der Waals surface area (Å²) in [5.74, 6) is -0.734. The van der Waals surface area contributed by atoms with E-state index in [-0.39, 0.29) is 16.6 Å². The Morgan fingerprint density at radius 2 is 1.81 bits per heavy atom. The molecule has 13 heteroatoms. The lowest BCUT2D eigenvalue weighted by molar-refractivity contribution is 0.173. The fraction of sp³-hybridized carbons (Fsp3) is 0.241. The number of rotatable bonds is 10. The van der Waals surface area contributed by atoms with Crippen LogP contribution in [-0.2, 0) is 21.2 Å². The Hall–Kier alpha value is -3.61. The van der Waals surface area contributed by atoms with Crippen LogP contribution in [0, 0.1) is 11.6 Å². The summed E-state index contributed by atoms with van der Waals surface area (Å²) in [6.07, 6.45) is 0.0220. The Kier molecular flexibility index (Phi) is 9.19. The quantitative estimate of drug-likeness (QED) is 0.185. The van der Waals surface area contributed by atoms with Crippen LogP contribution in [-0.4, -0.2) is 47.1 Å². The van der Waals surface area contributed by atoms with E-state index in [1.54, 1.807) is 24.4 Å². The van der Waals surface area contributed by atoms with Crippen molar-refractivity contribution in [1.29, 1.82) is 0 Å². The van der Waals surface area contributed by atoms with E-state index >= 15 is 0 Å². The maximum atomic E-state index is 15.0. The highest BCUT2D eigenvalue weighted by Crippen LogP contribution is 2.39. The predicted octanol–water partition coefficient (Wildman–Crippen LogP) is 7.12. The van der Waals surface area contributed by atoms with Gasteiger partial charge in [0.1, 0.15) is 22.3 Å². The Morgan fingerprint density at radius 3 is 2.40 bits per heavy atom. The van der Waals surface area contributed by atoms with E-state index in [1.807, 2.05) is 30.5 Å². The maximum Gasteiger partial charge on any atom is 0.421 e.